The molecule has 0 fully saturated rings. The van der Waals surface area contributed by atoms with E-state index < -0.39 is 6.10 Å². The van der Waals surface area contributed by atoms with Gasteiger partial charge in [0, 0.05) is 12.6 Å². The van der Waals surface area contributed by atoms with Crippen LogP contribution in [0.2, 0.25) is 5.02 Å². The number of ether oxygens (including phenoxy) is 1. The van der Waals surface area contributed by atoms with Gasteiger partial charge in [-0.05, 0) is 47.2 Å². The van der Waals surface area contributed by atoms with Crippen molar-refractivity contribution in [1.29, 1.82) is 0 Å². The van der Waals surface area contributed by atoms with Gasteiger partial charge in [0.2, 0.25) is 0 Å². The first kappa shape index (κ1) is 21.1. The number of aliphatic hydroxyl groups is 1. The molecule has 2 aromatic carbocycles. The minimum absolute atomic E-state index is 0. The lowest BCUT2D eigenvalue weighted by molar-refractivity contribution is 0.104. The highest BCUT2D eigenvalue weighted by Crippen LogP contribution is 2.23. The van der Waals surface area contributed by atoms with Gasteiger partial charge in [0.1, 0.15) is 24.8 Å². The van der Waals surface area contributed by atoms with E-state index in [1.165, 1.54) is 0 Å². The summed E-state index contributed by atoms with van der Waals surface area (Å²) in [4.78, 5) is 0. The maximum atomic E-state index is 10.1. The summed E-state index contributed by atoms with van der Waals surface area (Å²) in [6.07, 6.45) is 0.903. The molecule has 0 saturated carbocycles. The number of aliphatic hydroxyl groups excluding tert-OH is 1. The van der Waals surface area contributed by atoms with E-state index in [0.717, 1.165) is 11.3 Å². The number of nitrogens with one attached hydrogen (secondary N) is 1. The van der Waals surface area contributed by atoms with Crippen molar-refractivity contribution in [3.63, 3.8) is 0 Å². The SMILES string of the molecule is CC(NCC(O)COc1ccccc1Cl)c1ccc(-n2cnnn2)cc1.Cl. The van der Waals surface area contributed by atoms with Crippen LogP contribution in [0.3, 0.4) is 0 Å². The Morgan fingerprint density at radius 3 is 2.59 bits per heavy atom. The highest BCUT2D eigenvalue weighted by molar-refractivity contribution is 6.32. The highest BCUT2D eigenvalue weighted by atomic mass is 35.5. The summed E-state index contributed by atoms with van der Waals surface area (Å²) in [5, 5.41) is 25.0. The summed E-state index contributed by atoms with van der Waals surface area (Å²) in [7, 11) is 0. The van der Waals surface area contributed by atoms with Crippen LogP contribution in [0.25, 0.3) is 5.69 Å². The molecular weight excluding hydrogens is 389 g/mol. The maximum Gasteiger partial charge on any atom is 0.143 e. The lowest BCUT2D eigenvalue weighted by atomic mass is 10.1. The van der Waals surface area contributed by atoms with Gasteiger partial charge < -0.3 is 15.2 Å². The number of halogens is 2. The molecule has 27 heavy (non-hydrogen) atoms. The summed E-state index contributed by atoms with van der Waals surface area (Å²) in [6.45, 7) is 2.61. The van der Waals surface area contributed by atoms with E-state index in [1.54, 1.807) is 23.1 Å². The largest absolute Gasteiger partial charge is 0.489 e. The van der Waals surface area contributed by atoms with Crippen LogP contribution in [0, 0.1) is 0 Å². The van der Waals surface area contributed by atoms with Gasteiger partial charge in [-0.2, -0.15) is 0 Å². The zero-order valence-corrected chi connectivity index (χ0v) is 16.3. The first-order valence-corrected chi connectivity index (χ1v) is 8.63. The van der Waals surface area contributed by atoms with Crippen molar-refractivity contribution >= 4 is 24.0 Å². The summed E-state index contributed by atoms with van der Waals surface area (Å²) < 4.78 is 7.15. The molecule has 0 saturated heterocycles. The lowest BCUT2D eigenvalue weighted by Gasteiger charge is -2.18. The molecule has 0 aliphatic heterocycles. The summed E-state index contributed by atoms with van der Waals surface area (Å²) in [6, 6.07) is 15.2. The Hall–Kier alpha value is -2.19. The van der Waals surface area contributed by atoms with Crippen molar-refractivity contribution in [2.24, 2.45) is 0 Å². The molecule has 3 rings (SSSR count). The highest BCUT2D eigenvalue weighted by Gasteiger charge is 2.11. The standard InChI is InChI=1S/C18H20ClN5O2.ClH/c1-13(14-6-8-15(9-7-14)24-12-21-22-23-24)20-10-16(25)11-26-18-5-3-2-4-17(18)19;/h2-9,12-13,16,20,25H,10-11H2,1H3;1H. The molecule has 3 aromatic rings. The van der Waals surface area contributed by atoms with Gasteiger partial charge in [-0.1, -0.05) is 35.9 Å². The Kier molecular flexibility index (Phi) is 7.99. The van der Waals surface area contributed by atoms with Gasteiger partial charge in [0.25, 0.3) is 0 Å². The van der Waals surface area contributed by atoms with Gasteiger partial charge in [-0.3, -0.25) is 0 Å². The Morgan fingerprint density at radius 1 is 1.19 bits per heavy atom. The van der Waals surface area contributed by atoms with Crippen LogP contribution >= 0.6 is 24.0 Å². The van der Waals surface area contributed by atoms with Crippen LogP contribution in [0.5, 0.6) is 5.75 Å². The number of rotatable bonds is 8. The lowest BCUT2D eigenvalue weighted by Crippen LogP contribution is -2.33. The molecule has 1 aromatic heterocycles. The van der Waals surface area contributed by atoms with E-state index >= 15 is 0 Å². The normalized spacial score (nSPS) is 12.9. The van der Waals surface area contributed by atoms with Crippen LogP contribution in [0.4, 0.5) is 0 Å². The minimum atomic E-state index is -0.644. The number of tetrazole rings is 1. The number of hydrogen-bond acceptors (Lipinski definition) is 6. The topological polar surface area (TPSA) is 85.1 Å². The molecule has 7 nitrogen and oxygen atoms in total. The molecule has 2 unspecified atom stereocenters. The van der Waals surface area contributed by atoms with E-state index in [0.29, 0.717) is 17.3 Å². The van der Waals surface area contributed by atoms with E-state index in [4.69, 9.17) is 16.3 Å². The summed E-state index contributed by atoms with van der Waals surface area (Å²) >= 11 is 6.03. The van der Waals surface area contributed by atoms with E-state index in [9.17, 15) is 5.11 Å². The molecule has 0 bridgehead atoms. The maximum absolute atomic E-state index is 10.1. The van der Waals surface area contributed by atoms with Gasteiger partial charge in [-0.25, -0.2) is 4.68 Å². The molecule has 0 spiro atoms. The summed E-state index contributed by atoms with van der Waals surface area (Å²) in [5.74, 6) is 0.569. The molecule has 0 aliphatic carbocycles. The average molecular weight is 410 g/mol. The second kappa shape index (κ2) is 10.2. The fourth-order valence-electron chi connectivity index (χ4n) is 2.43. The second-order valence-electron chi connectivity index (χ2n) is 5.87. The van der Waals surface area contributed by atoms with Crippen LogP contribution < -0.4 is 10.1 Å². The molecule has 2 N–H and O–H groups in total. The predicted octanol–water partition coefficient (Wildman–Crippen LogP) is 2.83. The number of para-hydroxylation sites is 1. The quantitative estimate of drug-likeness (QED) is 0.594. The number of hydrogen-bond donors (Lipinski definition) is 2. The minimum Gasteiger partial charge on any atom is -0.489 e. The van der Waals surface area contributed by atoms with Crippen LogP contribution in [-0.4, -0.2) is 44.6 Å². The smallest absolute Gasteiger partial charge is 0.143 e. The molecular formula is C18H21Cl2N5O2. The molecule has 1 heterocycles. The van der Waals surface area contributed by atoms with Gasteiger partial charge >= 0.3 is 0 Å². The number of aromatic nitrogens is 4. The van der Waals surface area contributed by atoms with E-state index in [2.05, 4.69) is 20.8 Å². The van der Waals surface area contributed by atoms with E-state index in [-0.39, 0.29) is 25.1 Å². The fraction of sp³-hybridized carbons (Fsp3) is 0.278. The molecule has 2 atom stereocenters. The Morgan fingerprint density at radius 2 is 1.93 bits per heavy atom. The number of benzene rings is 2. The third kappa shape index (κ3) is 5.90. The van der Waals surface area contributed by atoms with Crippen molar-refractivity contribution in [3.8, 4) is 11.4 Å². The molecule has 0 aliphatic rings. The van der Waals surface area contributed by atoms with Crippen molar-refractivity contribution < 1.29 is 9.84 Å². The Balaban J connectivity index is 0.00000261. The van der Waals surface area contributed by atoms with E-state index in [1.807, 2.05) is 43.3 Å². The first-order valence-electron chi connectivity index (χ1n) is 8.25. The average Bonchev–Trinajstić information content (AvgIpc) is 3.20. The number of nitrogens with zero attached hydrogens (tertiary/aromatic N) is 4. The summed E-state index contributed by atoms with van der Waals surface area (Å²) in [5.41, 5.74) is 1.99. The predicted molar refractivity (Wildman–Crippen MR) is 106 cm³/mol. The van der Waals surface area contributed by atoms with Crippen LogP contribution in [0.1, 0.15) is 18.5 Å². The monoisotopic (exact) mass is 409 g/mol. The van der Waals surface area contributed by atoms with Gasteiger partial charge in [0.05, 0.1) is 10.7 Å². The molecule has 9 heteroatoms. The Labute approximate surface area is 168 Å². The zero-order chi connectivity index (χ0) is 18.4. The van der Waals surface area contributed by atoms with Gasteiger partial charge in [0.15, 0.2) is 0 Å². The first-order chi connectivity index (χ1) is 12.6. The Bertz CT molecular complexity index is 815. The third-order valence-electron chi connectivity index (χ3n) is 3.93. The third-order valence-corrected chi connectivity index (χ3v) is 4.25. The van der Waals surface area contributed by atoms with Crippen molar-refractivity contribution in [2.75, 3.05) is 13.2 Å². The molecule has 0 amide bonds. The second-order valence-corrected chi connectivity index (χ2v) is 6.28. The van der Waals surface area contributed by atoms with Crippen molar-refractivity contribution in [3.05, 3.63) is 65.4 Å². The van der Waals surface area contributed by atoms with Crippen molar-refractivity contribution in [2.45, 2.75) is 19.1 Å². The molecule has 144 valence electrons. The van der Waals surface area contributed by atoms with Crippen molar-refractivity contribution in [1.82, 2.24) is 25.5 Å². The molecule has 0 radical (unpaired) electrons. The fourth-order valence-corrected chi connectivity index (χ4v) is 2.62. The van der Waals surface area contributed by atoms with Crippen LogP contribution in [-0.2, 0) is 0 Å². The van der Waals surface area contributed by atoms with Crippen LogP contribution in [0.15, 0.2) is 54.9 Å². The zero-order valence-electron chi connectivity index (χ0n) is 14.7. The van der Waals surface area contributed by atoms with Gasteiger partial charge in [-0.15, -0.1) is 17.5 Å².